The van der Waals surface area contributed by atoms with E-state index in [1.54, 1.807) is 0 Å². The summed E-state index contributed by atoms with van der Waals surface area (Å²) in [5.74, 6) is -0.381. The third-order valence-electron chi connectivity index (χ3n) is 4.05. The number of rotatable bonds is 9. The predicted octanol–water partition coefficient (Wildman–Crippen LogP) is 4.95. The largest absolute Gasteiger partial charge is 0.464 e. The smallest absolute Gasteiger partial charge is 0.416 e. The third-order valence-corrected chi connectivity index (χ3v) is 4.36. The molecule has 6 nitrogen and oxygen atoms in total. The van der Waals surface area contributed by atoms with Gasteiger partial charge in [-0.2, -0.15) is 23.5 Å². The highest BCUT2D eigenvalue weighted by atomic mass is 35.5. The fourth-order valence-corrected chi connectivity index (χ4v) is 2.82. The Morgan fingerprint density at radius 3 is 2.72 bits per heavy atom. The Bertz CT molecular complexity index is 891. The molecule has 0 unspecified atom stereocenters. The lowest BCUT2D eigenvalue weighted by Gasteiger charge is -2.13. The Balaban J connectivity index is 2.12. The molecule has 0 atom stereocenters. The molecule has 0 aliphatic rings. The minimum absolute atomic E-state index is 0.108. The number of halogens is 4. The van der Waals surface area contributed by atoms with Gasteiger partial charge >= 0.3 is 12.1 Å². The fourth-order valence-electron chi connectivity index (χ4n) is 2.56. The molecule has 2 aromatic rings. The first-order valence-corrected chi connectivity index (χ1v) is 9.40. The van der Waals surface area contributed by atoms with Crippen LogP contribution in [0.5, 0.6) is 0 Å². The SMILES string of the molecule is CCCCCCOC(=O)CNc1c(C#N)cnn1-c1ccc(C(F)(F)F)cc1Cl. The first-order valence-electron chi connectivity index (χ1n) is 9.02. The highest BCUT2D eigenvalue weighted by Gasteiger charge is 2.31. The summed E-state index contributed by atoms with van der Waals surface area (Å²) in [6.45, 7) is 2.15. The third kappa shape index (κ3) is 6.12. The Morgan fingerprint density at radius 2 is 2.10 bits per heavy atom. The summed E-state index contributed by atoms with van der Waals surface area (Å²) >= 11 is 6.00. The van der Waals surface area contributed by atoms with Gasteiger partial charge < -0.3 is 10.1 Å². The maximum Gasteiger partial charge on any atom is 0.416 e. The van der Waals surface area contributed by atoms with Gasteiger partial charge in [-0.25, -0.2) is 4.68 Å². The van der Waals surface area contributed by atoms with Crippen molar-refractivity contribution in [1.29, 1.82) is 5.26 Å². The molecule has 0 fully saturated rings. The number of alkyl halides is 3. The van der Waals surface area contributed by atoms with E-state index >= 15 is 0 Å². The van der Waals surface area contributed by atoms with Crippen molar-refractivity contribution in [2.45, 2.75) is 38.8 Å². The number of carbonyl (C=O) groups is 1. The molecule has 0 amide bonds. The van der Waals surface area contributed by atoms with Gasteiger partial charge in [-0.15, -0.1) is 0 Å². The quantitative estimate of drug-likeness (QED) is 0.451. The number of aromatic nitrogens is 2. The summed E-state index contributed by atoms with van der Waals surface area (Å²) in [5.41, 5.74) is -0.659. The summed E-state index contributed by atoms with van der Waals surface area (Å²) in [5, 5.41) is 15.8. The molecule has 10 heteroatoms. The summed E-state index contributed by atoms with van der Waals surface area (Å²) in [6.07, 6.45) is 0.562. The van der Waals surface area contributed by atoms with Gasteiger partial charge in [-0.05, 0) is 24.6 Å². The molecule has 0 saturated carbocycles. The number of carbonyl (C=O) groups excluding carboxylic acids is 1. The van der Waals surface area contributed by atoms with Crippen molar-refractivity contribution < 1.29 is 22.7 Å². The molecule has 0 saturated heterocycles. The van der Waals surface area contributed by atoms with E-state index < -0.39 is 17.7 Å². The number of nitrogens with one attached hydrogen (secondary N) is 1. The van der Waals surface area contributed by atoms with Crippen LogP contribution in [0.3, 0.4) is 0 Å². The summed E-state index contributed by atoms with van der Waals surface area (Å²) < 4.78 is 44.8. The topological polar surface area (TPSA) is 79.9 Å². The maximum absolute atomic E-state index is 12.8. The first kappa shape index (κ1) is 22.6. The van der Waals surface area contributed by atoms with Gasteiger partial charge in [0.25, 0.3) is 0 Å². The van der Waals surface area contributed by atoms with Gasteiger partial charge in [0.1, 0.15) is 24.0 Å². The van der Waals surface area contributed by atoms with E-state index in [4.69, 9.17) is 16.3 Å². The van der Waals surface area contributed by atoms with Gasteiger partial charge in [0, 0.05) is 0 Å². The molecule has 0 spiro atoms. The number of nitriles is 1. The average Bonchev–Trinajstić information content (AvgIpc) is 3.08. The van der Waals surface area contributed by atoms with Gasteiger partial charge in [0.05, 0.1) is 29.1 Å². The van der Waals surface area contributed by atoms with E-state index in [1.807, 2.05) is 6.07 Å². The number of nitrogens with zero attached hydrogens (tertiary/aromatic N) is 3. The Morgan fingerprint density at radius 1 is 1.34 bits per heavy atom. The second-order valence-electron chi connectivity index (χ2n) is 6.23. The number of hydrogen-bond donors (Lipinski definition) is 1. The van der Waals surface area contributed by atoms with Crippen LogP contribution in [0.1, 0.15) is 43.7 Å². The molecule has 1 heterocycles. The van der Waals surface area contributed by atoms with Crippen LogP contribution in [0, 0.1) is 11.3 Å². The van der Waals surface area contributed by atoms with E-state index in [2.05, 4.69) is 17.3 Å². The van der Waals surface area contributed by atoms with E-state index in [0.717, 1.165) is 43.9 Å². The standard InChI is InChI=1S/C19H20ClF3N4O2/c1-2-3-4-5-8-29-17(28)12-25-18-13(10-24)11-26-27(18)16-7-6-14(9-15(16)20)19(21,22)23/h6-7,9,11,25H,2-5,8,12H2,1H3. The van der Waals surface area contributed by atoms with Crippen molar-refractivity contribution in [2.24, 2.45) is 0 Å². The Labute approximate surface area is 171 Å². The number of benzene rings is 1. The molecule has 0 aliphatic carbocycles. The molecule has 0 bridgehead atoms. The zero-order chi connectivity index (χ0) is 21.4. The molecule has 0 aliphatic heterocycles. The molecular formula is C19H20ClF3N4O2. The molecule has 1 aromatic heterocycles. The van der Waals surface area contributed by atoms with Crippen LogP contribution in [0.2, 0.25) is 5.02 Å². The van der Waals surface area contributed by atoms with Gasteiger partial charge in [0.15, 0.2) is 0 Å². The van der Waals surface area contributed by atoms with Crippen LogP contribution in [0.15, 0.2) is 24.4 Å². The molecule has 0 radical (unpaired) electrons. The molecular weight excluding hydrogens is 409 g/mol. The molecule has 156 valence electrons. The van der Waals surface area contributed by atoms with E-state index in [1.165, 1.54) is 10.9 Å². The zero-order valence-electron chi connectivity index (χ0n) is 15.7. The van der Waals surface area contributed by atoms with Crippen LogP contribution in [0.4, 0.5) is 19.0 Å². The average molecular weight is 429 g/mol. The maximum atomic E-state index is 12.8. The van der Waals surface area contributed by atoms with Crippen LogP contribution >= 0.6 is 11.6 Å². The van der Waals surface area contributed by atoms with Crippen LogP contribution in [-0.4, -0.2) is 28.9 Å². The van der Waals surface area contributed by atoms with Crippen LogP contribution in [0.25, 0.3) is 5.69 Å². The van der Waals surface area contributed by atoms with Crippen LogP contribution < -0.4 is 5.32 Å². The lowest BCUT2D eigenvalue weighted by molar-refractivity contribution is -0.141. The van der Waals surface area contributed by atoms with Crippen molar-refractivity contribution >= 4 is 23.4 Å². The Hall–Kier alpha value is -2.73. The fraction of sp³-hybridized carbons (Fsp3) is 0.421. The number of hydrogen-bond acceptors (Lipinski definition) is 5. The highest BCUT2D eigenvalue weighted by Crippen LogP contribution is 2.34. The summed E-state index contributed by atoms with van der Waals surface area (Å²) in [6, 6.07) is 4.70. The predicted molar refractivity (Wildman–Crippen MR) is 102 cm³/mol. The first-order chi connectivity index (χ1) is 13.8. The summed E-state index contributed by atoms with van der Waals surface area (Å²) in [4.78, 5) is 11.9. The molecule has 1 aromatic carbocycles. The lowest BCUT2D eigenvalue weighted by atomic mass is 10.2. The second-order valence-corrected chi connectivity index (χ2v) is 6.64. The van der Waals surface area contributed by atoms with Crippen molar-refractivity contribution in [3.63, 3.8) is 0 Å². The monoisotopic (exact) mass is 428 g/mol. The van der Waals surface area contributed by atoms with E-state index in [0.29, 0.717) is 6.61 Å². The minimum Gasteiger partial charge on any atom is -0.464 e. The number of ether oxygens (including phenoxy) is 1. The number of unbranched alkanes of at least 4 members (excludes halogenated alkanes) is 3. The summed E-state index contributed by atoms with van der Waals surface area (Å²) in [7, 11) is 0. The lowest BCUT2D eigenvalue weighted by Crippen LogP contribution is -2.19. The Kier molecular flexibility index (Phi) is 7.91. The van der Waals surface area contributed by atoms with Crippen molar-refractivity contribution in [3.05, 3.63) is 40.5 Å². The molecule has 1 N–H and O–H groups in total. The molecule has 2 rings (SSSR count). The highest BCUT2D eigenvalue weighted by molar-refractivity contribution is 6.32. The van der Waals surface area contributed by atoms with Crippen molar-refractivity contribution in [3.8, 4) is 11.8 Å². The zero-order valence-corrected chi connectivity index (χ0v) is 16.5. The van der Waals surface area contributed by atoms with E-state index in [-0.39, 0.29) is 28.6 Å². The van der Waals surface area contributed by atoms with E-state index in [9.17, 15) is 23.2 Å². The van der Waals surface area contributed by atoms with Crippen LogP contribution in [-0.2, 0) is 15.7 Å². The normalized spacial score (nSPS) is 11.2. The van der Waals surface area contributed by atoms with Gasteiger partial charge in [0.2, 0.25) is 0 Å². The van der Waals surface area contributed by atoms with Gasteiger partial charge in [-0.1, -0.05) is 37.8 Å². The second kappa shape index (κ2) is 10.2. The number of anilines is 1. The molecule has 29 heavy (non-hydrogen) atoms. The van der Waals surface area contributed by atoms with Crippen molar-refractivity contribution in [2.75, 3.05) is 18.5 Å². The van der Waals surface area contributed by atoms with Gasteiger partial charge in [-0.3, -0.25) is 4.79 Å². The minimum atomic E-state index is -4.54. The van der Waals surface area contributed by atoms with Crippen molar-refractivity contribution in [1.82, 2.24) is 9.78 Å². The number of esters is 1.